The van der Waals surface area contributed by atoms with Crippen molar-refractivity contribution in [2.75, 3.05) is 25.2 Å². The molecule has 0 spiro atoms. The Morgan fingerprint density at radius 3 is 2.76 bits per heavy atom. The van der Waals surface area contributed by atoms with Crippen LogP contribution in [0.1, 0.15) is 25.3 Å². The lowest BCUT2D eigenvalue weighted by atomic mass is 10.0. The molecule has 7 heteroatoms. The largest absolute Gasteiger partial charge is 0.497 e. The number of rotatable bonds is 6. The molecule has 25 heavy (non-hydrogen) atoms. The van der Waals surface area contributed by atoms with Gasteiger partial charge in [0.05, 0.1) is 25.5 Å². The second-order valence-electron chi connectivity index (χ2n) is 6.37. The first-order valence-corrected chi connectivity index (χ1v) is 8.60. The van der Waals surface area contributed by atoms with Gasteiger partial charge in [-0.25, -0.2) is 4.98 Å². The number of hydrogen-bond donors (Lipinski definition) is 1. The number of aromatic nitrogens is 2. The van der Waals surface area contributed by atoms with E-state index in [4.69, 9.17) is 21.1 Å². The summed E-state index contributed by atoms with van der Waals surface area (Å²) < 4.78 is 11.1. The van der Waals surface area contributed by atoms with Crippen LogP contribution in [0.25, 0.3) is 0 Å². The number of halogens is 1. The van der Waals surface area contributed by atoms with Crippen molar-refractivity contribution in [3.05, 3.63) is 41.3 Å². The van der Waals surface area contributed by atoms with Crippen LogP contribution in [0.15, 0.2) is 30.5 Å². The Morgan fingerprint density at radius 2 is 2.08 bits per heavy atom. The molecule has 2 aromatic rings. The van der Waals surface area contributed by atoms with Crippen molar-refractivity contribution in [3.8, 4) is 11.5 Å². The molecule has 1 aliphatic heterocycles. The zero-order valence-corrected chi connectivity index (χ0v) is 15.2. The molecule has 1 aromatic heterocycles. The summed E-state index contributed by atoms with van der Waals surface area (Å²) in [5.74, 6) is 1.99. The number of aliphatic hydroxyl groups is 1. The first kappa shape index (κ1) is 17.8. The number of hydrogen-bond acceptors (Lipinski definition) is 6. The van der Waals surface area contributed by atoms with E-state index in [1.54, 1.807) is 13.3 Å². The molecule has 3 rings (SSSR count). The molecule has 6 nitrogen and oxygen atoms in total. The van der Waals surface area contributed by atoms with Gasteiger partial charge in [0.25, 0.3) is 0 Å². The maximum absolute atomic E-state index is 9.80. The fraction of sp³-hybridized carbons (Fsp3) is 0.444. The van der Waals surface area contributed by atoms with Gasteiger partial charge in [-0.3, -0.25) is 0 Å². The average molecular weight is 364 g/mol. The van der Waals surface area contributed by atoms with Gasteiger partial charge < -0.3 is 19.5 Å². The van der Waals surface area contributed by atoms with Gasteiger partial charge in [-0.2, -0.15) is 4.98 Å². The Labute approximate surface area is 152 Å². The van der Waals surface area contributed by atoms with E-state index in [9.17, 15) is 5.11 Å². The molecule has 1 aliphatic rings. The van der Waals surface area contributed by atoms with Crippen LogP contribution in [0.2, 0.25) is 5.28 Å². The van der Waals surface area contributed by atoms with Crippen LogP contribution in [-0.2, 0) is 6.61 Å². The Hall–Kier alpha value is -2.05. The van der Waals surface area contributed by atoms with Crippen molar-refractivity contribution in [2.45, 2.75) is 31.9 Å². The van der Waals surface area contributed by atoms with Gasteiger partial charge in [-0.05, 0) is 49.1 Å². The van der Waals surface area contributed by atoms with E-state index in [2.05, 4.69) is 14.9 Å². The monoisotopic (exact) mass is 363 g/mol. The standard InChI is InChI=1S/C18H22ClN3O3/c1-18(12-23)8-3-9-22(18)16-15(10-20-17(19)21-16)25-11-13-4-6-14(24-2)7-5-13/h4-7,10,23H,3,8-9,11-12H2,1-2H3. The zero-order chi connectivity index (χ0) is 17.9. The minimum Gasteiger partial charge on any atom is -0.497 e. The minimum absolute atomic E-state index is 0.0482. The molecule has 0 aliphatic carbocycles. The minimum atomic E-state index is -0.365. The van der Waals surface area contributed by atoms with Gasteiger partial charge in [0.1, 0.15) is 12.4 Å². The topological polar surface area (TPSA) is 67.7 Å². The molecule has 0 amide bonds. The average Bonchev–Trinajstić information content (AvgIpc) is 3.03. The summed E-state index contributed by atoms with van der Waals surface area (Å²) in [7, 11) is 1.64. The third-order valence-corrected chi connectivity index (χ3v) is 4.79. The number of benzene rings is 1. The highest BCUT2D eigenvalue weighted by Crippen LogP contribution is 2.38. The summed E-state index contributed by atoms with van der Waals surface area (Å²) in [5.41, 5.74) is 0.642. The third kappa shape index (κ3) is 3.80. The normalized spacial score (nSPS) is 19.9. The van der Waals surface area contributed by atoms with Crippen molar-refractivity contribution in [3.63, 3.8) is 0 Å². The van der Waals surface area contributed by atoms with Crippen LogP contribution >= 0.6 is 11.6 Å². The molecule has 1 unspecified atom stereocenters. The predicted molar refractivity (Wildman–Crippen MR) is 96.4 cm³/mol. The van der Waals surface area contributed by atoms with Gasteiger partial charge in [0.15, 0.2) is 11.6 Å². The van der Waals surface area contributed by atoms with Crippen molar-refractivity contribution in [1.82, 2.24) is 9.97 Å². The summed E-state index contributed by atoms with van der Waals surface area (Å²) in [5, 5.41) is 9.97. The number of nitrogens with zero attached hydrogens (tertiary/aromatic N) is 3. The predicted octanol–water partition coefficient (Wildman–Crippen LogP) is 3.07. The van der Waals surface area contributed by atoms with Gasteiger partial charge in [0.2, 0.25) is 5.28 Å². The first-order chi connectivity index (χ1) is 12.1. The maximum Gasteiger partial charge on any atom is 0.224 e. The van der Waals surface area contributed by atoms with Crippen LogP contribution in [-0.4, -0.2) is 40.9 Å². The molecule has 1 atom stereocenters. The third-order valence-electron chi connectivity index (χ3n) is 4.61. The summed E-state index contributed by atoms with van der Waals surface area (Å²) in [4.78, 5) is 10.5. The zero-order valence-electron chi connectivity index (χ0n) is 14.4. The molecule has 0 bridgehead atoms. The molecule has 2 heterocycles. The first-order valence-electron chi connectivity index (χ1n) is 8.22. The molecule has 1 aromatic carbocycles. The van der Waals surface area contributed by atoms with E-state index in [0.29, 0.717) is 18.2 Å². The molecule has 134 valence electrons. The highest BCUT2D eigenvalue weighted by atomic mass is 35.5. The van der Waals surface area contributed by atoms with Crippen molar-refractivity contribution >= 4 is 17.4 Å². The fourth-order valence-electron chi connectivity index (χ4n) is 3.07. The molecular weight excluding hydrogens is 342 g/mol. The van der Waals surface area contributed by atoms with Gasteiger partial charge in [-0.1, -0.05) is 12.1 Å². The highest BCUT2D eigenvalue weighted by molar-refractivity contribution is 6.28. The van der Waals surface area contributed by atoms with Crippen LogP contribution in [0, 0.1) is 0 Å². The van der Waals surface area contributed by atoms with Crippen molar-refractivity contribution in [1.29, 1.82) is 0 Å². The summed E-state index contributed by atoms with van der Waals surface area (Å²) in [6.45, 7) is 3.24. The second-order valence-corrected chi connectivity index (χ2v) is 6.71. The molecular formula is C18H22ClN3O3. The van der Waals surface area contributed by atoms with Crippen LogP contribution in [0.5, 0.6) is 11.5 Å². The Balaban J connectivity index is 1.81. The summed E-state index contributed by atoms with van der Waals surface area (Å²) in [6, 6.07) is 7.68. The SMILES string of the molecule is COc1ccc(COc2cnc(Cl)nc2N2CCCC2(C)CO)cc1. The molecule has 1 N–H and O–H groups in total. The van der Waals surface area contributed by atoms with E-state index in [-0.39, 0.29) is 17.4 Å². The van der Waals surface area contributed by atoms with E-state index in [1.165, 1.54) is 0 Å². The quantitative estimate of drug-likeness (QED) is 0.795. The molecule has 0 radical (unpaired) electrons. The molecule has 1 fully saturated rings. The number of aliphatic hydroxyl groups excluding tert-OH is 1. The van der Waals surface area contributed by atoms with Crippen LogP contribution < -0.4 is 14.4 Å². The van der Waals surface area contributed by atoms with E-state index >= 15 is 0 Å². The number of ether oxygens (including phenoxy) is 2. The fourth-order valence-corrected chi connectivity index (χ4v) is 3.20. The lowest BCUT2D eigenvalue weighted by Gasteiger charge is -2.35. The number of methoxy groups -OCH3 is 1. The maximum atomic E-state index is 9.80. The second kappa shape index (κ2) is 7.45. The highest BCUT2D eigenvalue weighted by Gasteiger charge is 2.38. The lowest BCUT2D eigenvalue weighted by molar-refractivity contribution is 0.208. The Bertz CT molecular complexity index is 726. The Morgan fingerprint density at radius 1 is 1.32 bits per heavy atom. The van der Waals surface area contributed by atoms with E-state index in [0.717, 1.165) is 30.7 Å². The van der Waals surface area contributed by atoms with Gasteiger partial charge in [-0.15, -0.1) is 0 Å². The molecule has 0 saturated carbocycles. The lowest BCUT2D eigenvalue weighted by Crippen LogP contribution is -2.45. The van der Waals surface area contributed by atoms with Gasteiger partial charge in [0, 0.05) is 6.54 Å². The van der Waals surface area contributed by atoms with E-state index in [1.807, 2.05) is 31.2 Å². The summed E-state index contributed by atoms with van der Waals surface area (Å²) >= 11 is 6.00. The van der Waals surface area contributed by atoms with Crippen LogP contribution in [0.4, 0.5) is 5.82 Å². The molecule has 1 saturated heterocycles. The van der Waals surface area contributed by atoms with Crippen molar-refractivity contribution in [2.24, 2.45) is 0 Å². The number of anilines is 1. The van der Waals surface area contributed by atoms with Crippen molar-refractivity contribution < 1.29 is 14.6 Å². The summed E-state index contributed by atoms with van der Waals surface area (Å²) in [6.07, 6.45) is 3.46. The van der Waals surface area contributed by atoms with Crippen LogP contribution in [0.3, 0.4) is 0 Å². The Kier molecular flexibility index (Phi) is 5.30. The van der Waals surface area contributed by atoms with E-state index < -0.39 is 0 Å². The van der Waals surface area contributed by atoms with Gasteiger partial charge >= 0.3 is 0 Å². The smallest absolute Gasteiger partial charge is 0.224 e.